The van der Waals surface area contributed by atoms with Crippen LogP contribution in [0.5, 0.6) is 0 Å². The van der Waals surface area contributed by atoms with Crippen molar-refractivity contribution in [2.24, 2.45) is 5.92 Å². The zero-order chi connectivity index (χ0) is 34.0. The smallest absolute Gasteiger partial charge is 0.414 e. The number of piperidine rings is 1. The van der Waals surface area contributed by atoms with Crippen LogP contribution in [0.4, 0.5) is 26.8 Å². The summed E-state index contributed by atoms with van der Waals surface area (Å²) in [4.78, 5) is 50.1. The Hall–Kier alpha value is -4.39. The second kappa shape index (κ2) is 13.1. The van der Waals surface area contributed by atoms with Gasteiger partial charge in [-0.05, 0) is 72.6 Å². The number of aromatic nitrogens is 2. The number of hydrogen-bond acceptors (Lipinski definition) is 10. The third-order valence-electron chi connectivity index (χ3n) is 7.64. The first kappa shape index (κ1) is 34.5. The normalized spacial score (nSPS) is 20.3. The van der Waals surface area contributed by atoms with Crippen molar-refractivity contribution in [1.82, 2.24) is 15.3 Å². The van der Waals surface area contributed by atoms with E-state index in [0.29, 0.717) is 23.5 Å². The van der Waals surface area contributed by atoms with Crippen LogP contribution in [0.3, 0.4) is 0 Å². The number of furan rings is 1. The summed E-state index contributed by atoms with van der Waals surface area (Å²) in [6.45, 7) is 16.8. The molecule has 0 radical (unpaired) electrons. The summed E-state index contributed by atoms with van der Waals surface area (Å²) in [5.41, 5.74) is -0.149. The van der Waals surface area contributed by atoms with E-state index in [2.05, 4.69) is 25.9 Å². The van der Waals surface area contributed by atoms with Crippen molar-refractivity contribution in [3.05, 3.63) is 41.9 Å². The van der Waals surface area contributed by atoms with Gasteiger partial charge in [-0.2, -0.15) is 0 Å². The predicted octanol–water partition coefficient (Wildman–Crippen LogP) is 5.88. The van der Waals surface area contributed by atoms with E-state index in [9.17, 15) is 19.5 Å². The maximum absolute atomic E-state index is 14.0. The molecule has 46 heavy (non-hydrogen) atoms. The molecule has 0 saturated carbocycles. The molecule has 1 aliphatic rings. The van der Waals surface area contributed by atoms with Crippen molar-refractivity contribution in [2.75, 3.05) is 28.6 Å². The Balaban J connectivity index is 1.65. The fourth-order valence-electron chi connectivity index (χ4n) is 5.26. The lowest BCUT2D eigenvalue weighted by Crippen LogP contribution is -2.65. The van der Waals surface area contributed by atoms with Crippen molar-refractivity contribution in [3.63, 3.8) is 0 Å². The highest BCUT2D eigenvalue weighted by atomic mass is 16.6. The summed E-state index contributed by atoms with van der Waals surface area (Å²) in [7, 11) is 0. The largest absolute Gasteiger partial charge is 0.444 e. The molecule has 4 heterocycles. The van der Waals surface area contributed by atoms with Gasteiger partial charge in [-0.1, -0.05) is 20.3 Å². The average Bonchev–Trinajstić information content (AvgIpc) is 3.26. The summed E-state index contributed by atoms with van der Waals surface area (Å²) < 4.78 is 16.8. The molecule has 250 valence electrons. The molecule has 13 heteroatoms. The molecule has 1 saturated heterocycles. The van der Waals surface area contributed by atoms with Crippen LogP contribution in [0, 0.1) is 5.92 Å². The first-order valence-electron chi connectivity index (χ1n) is 15.5. The highest BCUT2D eigenvalue weighted by Gasteiger charge is 2.45. The number of ether oxygens (including phenoxy) is 2. The lowest BCUT2D eigenvalue weighted by molar-refractivity contribution is -0.0405. The number of carbonyl (C=O) groups is 3. The van der Waals surface area contributed by atoms with Crippen molar-refractivity contribution in [3.8, 4) is 0 Å². The zero-order valence-corrected chi connectivity index (χ0v) is 28.1. The Labute approximate surface area is 269 Å². The summed E-state index contributed by atoms with van der Waals surface area (Å²) in [5.74, 6) is -0.963. The van der Waals surface area contributed by atoms with Crippen molar-refractivity contribution >= 4 is 46.5 Å². The SMILES string of the molecule is CCCc1cnc2c(C(=O)Nc3cnccc3N3CC(C)C(C)(O)C(NC(=O)OC(C)(C)C)C3)c(NC(=O)OC(C)(C)C)oc2c1. The monoisotopic (exact) mass is 638 g/mol. The predicted molar refractivity (Wildman–Crippen MR) is 175 cm³/mol. The molecule has 4 N–H and O–H groups in total. The molecule has 1 fully saturated rings. The number of amides is 3. The summed E-state index contributed by atoms with van der Waals surface area (Å²) in [5, 5.41) is 19.7. The third-order valence-corrected chi connectivity index (χ3v) is 7.64. The molecule has 3 aromatic heterocycles. The molecule has 0 spiro atoms. The average molecular weight is 639 g/mol. The van der Waals surface area contributed by atoms with Gasteiger partial charge < -0.3 is 34.5 Å². The van der Waals surface area contributed by atoms with Gasteiger partial charge in [0.25, 0.3) is 5.91 Å². The first-order chi connectivity index (χ1) is 21.4. The molecule has 13 nitrogen and oxygen atoms in total. The van der Waals surface area contributed by atoms with Crippen LogP contribution < -0.4 is 20.9 Å². The van der Waals surface area contributed by atoms with E-state index in [-0.39, 0.29) is 29.4 Å². The first-order valence-corrected chi connectivity index (χ1v) is 15.5. The minimum Gasteiger partial charge on any atom is -0.444 e. The molecule has 3 aromatic rings. The standard InChI is InChI=1S/C33H46N6O7/c1-10-11-20-14-23-26(35-15-20)25(28(44-23)38-30(42)46-32(6,7)8)27(40)36-21-16-34-13-12-22(21)39-17-19(2)33(9,43)24(18-39)37-29(41)45-31(3,4)5/h12-16,19,24,43H,10-11,17-18H2,1-9H3,(H,36,40)(H,37,41)(H,38,42). The van der Waals surface area contributed by atoms with Gasteiger partial charge in [-0.25, -0.2) is 9.59 Å². The molecule has 3 atom stereocenters. The Morgan fingerprint density at radius 1 is 1.07 bits per heavy atom. The Kier molecular flexibility index (Phi) is 9.86. The van der Waals surface area contributed by atoms with E-state index < -0.39 is 40.9 Å². The number of rotatable bonds is 7. The zero-order valence-electron chi connectivity index (χ0n) is 28.1. The van der Waals surface area contributed by atoms with Crippen LogP contribution in [-0.4, -0.2) is 69.1 Å². The number of fused-ring (bicyclic) bond motifs is 1. The van der Waals surface area contributed by atoms with Crippen molar-refractivity contribution in [2.45, 2.75) is 98.0 Å². The van der Waals surface area contributed by atoms with Gasteiger partial charge in [0.1, 0.15) is 22.3 Å². The molecular formula is C33H46N6O7. The van der Waals surface area contributed by atoms with Gasteiger partial charge in [0, 0.05) is 31.4 Å². The highest BCUT2D eigenvalue weighted by Crippen LogP contribution is 2.36. The highest BCUT2D eigenvalue weighted by molar-refractivity contribution is 6.16. The van der Waals surface area contributed by atoms with Gasteiger partial charge in [0.15, 0.2) is 5.58 Å². The second-order valence-electron chi connectivity index (χ2n) is 14.0. The van der Waals surface area contributed by atoms with E-state index in [0.717, 1.165) is 18.4 Å². The number of carbonyl (C=O) groups excluding carboxylic acids is 3. The van der Waals surface area contributed by atoms with Crippen LogP contribution in [0.25, 0.3) is 11.1 Å². The second-order valence-corrected chi connectivity index (χ2v) is 14.0. The molecular weight excluding hydrogens is 592 g/mol. The van der Waals surface area contributed by atoms with Crippen LogP contribution in [0.15, 0.2) is 35.1 Å². The topological polar surface area (TPSA) is 168 Å². The summed E-state index contributed by atoms with van der Waals surface area (Å²) in [6.07, 6.45) is 5.03. The molecule has 3 unspecified atom stereocenters. The van der Waals surface area contributed by atoms with Crippen LogP contribution >= 0.6 is 0 Å². The van der Waals surface area contributed by atoms with E-state index in [1.165, 1.54) is 6.20 Å². The fraction of sp³-hybridized carbons (Fsp3) is 0.545. The molecule has 0 aromatic carbocycles. The number of aryl methyl sites for hydroxylation is 1. The number of alkyl carbamates (subject to hydrolysis) is 1. The lowest BCUT2D eigenvalue weighted by atomic mass is 9.79. The number of hydrogen-bond donors (Lipinski definition) is 4. The van der Waals surface area contributed by atoms with Crippen molar-refractivity contribution in [1.29, 1.82) is 0 Å². The molecule has 1 aliphatic heterocycles. The lowest BCUT2D eigenvalue weighted by Gasteiger charge is -2.48. The Morgan fingerprint density at radius 3 is 2.39 bits per heavy atom. The minimum atomic E-state index is -1.23. The minimum absolute atomic E-state index is 0.0260. The van der Waals surface area contributed by atoms with Gasteiger partial charge in [0.05, 0.1) is 29.2 Å². The van der Waals surface area contributed by atoms with Gasteiger partial charge in [0.2, 0.25) is 5.88 Å². The molecule has 0 aliphatic carbocycles. The van der Waals surface area contributed by atoms with Gasteiger partial charge >= 0.3 is 12.2 Å². The molecule has 0 bridgehead atoms. The maximum atomic E-state index is 14.0. The van der Waals surface area contributed by atoms with E-state index in [1.54, 1.807) is 73.0 Å². The van der Waals surface area contributed by atoms with E-state index in [1.807, 2.05) is 18.7 Å². The van der Waals surface area contributed by atoms with E-state index >= 15 is 0 Å². The van der Waals surface area contributed by atoms with Crippen LogP contribution in [-0.2, 0) is 15.9 Å². The Morgan fingerprint density at radius 2 is 1.74 bits per heavy atom. The number of aliphatic hydroxyl groups is 1. The summed E-state index contributed by atoms with van der Waals surface area (Å²) in [6, 6.07) is 2.86. The van der Waals surface area contributed by atoms with Crippen molar-refractivity contribution < 1.29 is 33.4 Å². The van der Waals surface area contributed by atoms with Gasteiger partial charge in [-0.15, -0.1) is 0 Å². The fourth-order valence-corrected chi connectivity index (χ4v) is 5.26. The summed E-state index contributed by atoms with van der Waals surface area (Å²) >= 11 is 0. The van der Waals surface area contributed by atoms with Crippen LogP contribution in [0.1, 0.15) is 84.7 Å². The quantitative estimate of drug-likeness (QED) is 0.245. The van der Waals surface area contributed by atoms with E-state index in [4.69, 9.17) is 13.9 Å². The third kappa shape index (κ3) is 8.25. The van der Waals surface area contributed by atoms with Crippen LogP contribution in [0.2, 0.25) is 0 Å². The number of nitrogens with zero attached hydrogens (tertiary/aromatic N) is 3. The number of nitrogens with one attached hydrogen (secondary N) is 3. The molecule has 4 rings (SSSR count). The molecule has 3 amide bonds. The number of anilines is 3. The number of pyridine rings is 2. The van der Waals surface area contributed by atoms with Gasteiger partial charge in [-0.3, -0.25) is 20.1 Å². The maximum Gasteiger partial charge on any atom is 0.414 e. The Bertz CT molecular complexity index is 1590.